The molecule has 2 rings (SSSR count). The van der Waals surface area contributed by atoms with Crippen LogP contribution >= 0.6 is 0 Å². The number of hydrogen-bond donors (Lipinski definition) is 1. The number of hydrogen-bond acceptors (Lipinski definition) is 2. The lowest BCUT2D eigenvalue weighted by Crippen LogP contribution is -2.54. The summed E-state index contributed by atoms with van der Waals surface area (Å²) in [6.07, 6.45) is 4.38. The maximum atomic E-state index is 11.9. The van der Waals surface area contributed by atoms with E-state index in [0.717, 1.165) is 25.7 Å². The fourth-order valence-corrected chi connectivity index (χ4v) is 4.45. The highest BCUT2D eigenvalue weighted by atomic mass is 16.4. The zero-order valence-corrected chi connectivity index (χ0v) is 11.0. The quantitative estimate of drug-likeness (QED) is 0.715. The number of carbonyl (C=O) groups is 2. The first-order valence-corrected chi connectivity index (χ1v) is 6.54. The van der Waals surface area contributed by atoms with Gasteiger partial charge in [0.05, 0.1) is 0 Å². The molecule has 3 nitrogen and oxygen atoms in total. The molecule has 0 aliphatic heterocycles. The van der Waals surface area contributed by atoms with E-state index in [-0.39, 0.29) is 16.6 Å². The third-order valence-corrected chi connectivity index (χ3v) is 5.18. The Bertz CT molecular complexity index is 358. The molecule has 0 spiro atoms. The van der Waals surface area contributed by atoms with Crippen LogP contribution in [0.25, 0.3) is 0 Å². The molecule has 0 aromatic carbocycles. The molecule has 3 heteroatoms. The molecular formula is C14H22O3. The highest BCUT2D eigenvalue weighted by Gasteiger charge is 2.57. The molecule has 0 radical (unpaired) electrons. The molecule has 0 aromatic heterocycles. The van der Waals surface area contributed by atoms with Crippen molar-refractivity contribution in [2.45, 2.75) is 52.9 Å². The number of rotatable bonds is 1. The van der Waals surface area contributed by atoms with Gasteiger partial charge in [0.2, 0.25) is 0 Å². The van der Waals surface area contributed by atoms with Gasteiger partial charge in [0.15, 0.2) is 0 Å². The Kier molecular flexibility index (Phi) is 2.83. The molecule has 2 aliphatic carbocycles. The minimum Gasteiger partial charge on any atom is -0.481 e. The Morgan fingerprint density at radius 3 is 2.53 bits per heavy atom. The average molecular weight is 238 g/mol. The van der Waals surface area contributed by atoms with Gasteiger partial charge in [-0.1, -0.05) is 27.2 Å². The van der Waals surface area contributed by atoms with E-state index in [0.29, 0.717) is 12.3 Å². The summed E-state index contributed by atoms with van der Waals surface area (Å²) >= 11 is 0. The molecule has 17 heavy (non-hydrogen) atoms. The third-order valence-electron chi connectivity index (χ3n) is 5.18. The summed E-state index contributed by atoms with van der Waals surface area (Å²) in [6, 6.07) is 0. The first kappa shape index (κ1) is 12.6. The van der Waals surface area contributed by atoms with Crippen LogP contribution in [0, 0.1) is 22.7 Å². The van der Waals surface area contributed by atoms with Crippen LogP contribution in [0.3, 0.4) is 0 Å². The molecule has 3 unspecified atom stereocenters. The van der Waals surface area contributed by atoms with Crippen molar-refractivity contribution in [3.05, 3.63) is 0 Å². The number of aliphatic carboxylic acids is 1. The van der Waals surface area contributed by atoms with Gasteiger partial charge in [0.25, 0.3) is 0 Å². The SMILES string of the molecule is CC1(C)CCCC2(C)C(C(=O)O)C(=O)CCC12. The van der Waals surface area contributed by atoms with Gasteiger partial charge in [-0.25, -0.2) is 0 Å². The number of carboxylic acid groups (broad SMARTS) is 1. The summed E-state index contributed by atoms with van der Waals surface area (Å²) < 4.78 is 0. The average Bonchev–Trinajstić information content (AvgIpc) is 2.14. The summed E-state index contributed by atoms with van der Waals surface area (Å²) in [5, 5.41) is 9.36. The first-order chi connectivity index (χ1) is 7.79. The van der Waals surface area contributed by atoms with E-state index in [1.807, 2.05) is 6.92 Å². The molecule has 2 saturated carbocycles. The smallest absolute Gasteiger partial charge is 0.314 e. The first-order valence-electron chi connectivity index (χ1n) is 6.54. The van der Waals surface area contributed by atoms with E-state index in [9.17, 15) is 14.7 Å². The van der Waals surface area contributed by atoms with Crippen molar-refractivity contribution in [2.75, 3.05) is 0 Å². The molecule has 96 valence electrons. The van der Waals surface area contributed by atoms with Gasteiger partial charge in [-0.3, -0.25) is 9.59 Å². The van der Waals surface area contributed by atoms with Crippen LogP contribution in [-0.2, 0) is 9.59 Å². The Hall–Kier alpha value is -0.860. The predicted octanol–water partition coefficient (Wildman–Crippen LogP) is 2.88. The second-order valence-electron chi connectivity index (χ2n) is 6.68. The summed E-state index contributed by atoms with van der Waals surface area (Å²) in [5.74, 6) is -1.39. The van der Waals surface area contributed by atoms with E-state index < -0.39 is 11.9 Å². The normalized spacial score (nSPS) is 40.8. The maximum absolute atomic E-state index is 11.9. The van der Waals surface area contributed by atoms with Crippen molar-refractivity contribution in [2.24, 2.45) is 22.7 Å². The highest BCUT2D eigenvalue weighted by molar-refractivity contribution is 5.99. The van der Waals surface area contributed by atoms with Gasteiger partial charge in [-0.2, -0.15) is 0 Å². The van der Waals surface area contributed by atoms with Crippen molar-refractivity contribution >= 4 is 11.8 Å². The molecule has 2 fully saturated rings. The minimum atomic E-state index is -0.917. The molecular weight excluding hydrogens is 216 g/mol. The predicted molar refractivity (Wildman–Crippen MR) is 64.6 cm³/mol. The van der Waals surface area contributed by atoms with Crippen LogP contribution in [0.2, 0.25) is 0 Å². The van der Waals surface area contributed by atoms with Crippen LogP contribution in [0.1, 0.15) is 52.9 Å². The summed E-state index contributed by atoms with van der Waals surface area (Å²) in [7, 11) is 0. The minimum absolute atomic E-state index is 0.0612. The standard InChI is InChI=1S/C14H22O3/c1-13(2)7-4-8-14(3)10(13)6-5-9(15)11(14)12(16)17/h10-11H,4-8H2,1-3H3,(H,16,17). The molecule has 1 N–H and O–H groups in total. The fraction of sp³-hybridized carbons (Fsp3) is 0.857. The van der Waals surface area contributed by atoms with Crippen LogP contribution in [0.5, 0.6) is 0 Å². The van der Waals surface area contributed by atoms with E-state index in [4.69, 9.17) is 0 Å². The van der Waals surface area contributed by atoms with Crippen LogP contribution in [0.15, 0.2) is 0 Å². The molecule has 0 amide bonds. The highest BCUT2D eigenvalue weighted by Crippen LogP contribution is 2.58. The number of carbonyl (C=O) groups excluding carboxylic acids is 1. The van der Waals surface area contributed by atoms with Crippen molar-refractivity contribution in [1.29, 1.82) is 0 Å². The zero-order valence-electron chi connectivity index (χ0n) is 11.0. The van der Waals surface area contributed by atoms with Gasteiger partial charge in [0.1, 0.15) is 11.7 Å². The Labute approximate surface area is 103 Å². The lowest BCUT2D eigenvalue weighted by atomic mass is 9.48. The molecule has 2 aliphatic rings. The van der Waals surface area contributed by atoms with Crippen LogP contribution in [-0.4, -0.2) is 16.9 Å². The van der Waals surface area contributed by atoms with E-state index in [1.54, 1.807) is 0 Å². The van der Waals surface area contributed by atoms with Crippen LogP contribution in [0.4, 0.5) is 0 Å². The maximum Gasteiger partial charge on any atom is 0.314 e. The molecule has 3 atom stereocenters. The van der Waals surface area contributed by atoms with Gasteiger partial charge >= 0.3 is 5.97 Å². The number of carboxylic acids is 1. The van der Waals surface area contributed by atoms with Gasteiger partial charge in [0, 0.05) is 6.42 Å². The van der Waals surface area contributed by atoms with Crippen LogP contribution < -0.4 is 0 Å². The van der Waals surface area contributed by atoms with Gasteiger partial charge in [-0.05, 0) is 36.0 Å². The number of fused-ring (bicyclic) bond motifs is 1. The Morgan fingerprint density at radius 2 is 1.94 bits per heavy atom. The second-order valence-corrected chi connectivity index (χ2v) is 6.68. The zero-order chi connectivity index (χ0) is 12.8. The van der Waals surface area contributed by atoms with Gasteiger partial charge in [-0.15, -0.1) is 0 Å². The summed E-state index contributed by atoms with van der Waals surface area (Å²) in [6.45, 7) is 6.47. The Balaban J connectivity index is 2.41. The third kappa shape index (κ3) is 1.80. The van der Waals surface area contributed by atoms with E-state index in [1.165, 1.54) is 0 Å². The Morgan fingerprint density at radius 1 is 1.29 bits per heavy atom. The second kappa shape index (κ2) is 3.82. The molecule has 0 bridgehead atoms. The lowest BCUT2D eigenvalue weighted by molar-refractivity contribution is -0.164. The number of ketones is 1. The fourth-order valence-electron chi connectivity index (χ4n) is 4.45. The molecule has 0 heterocycles. The lowest BCUT2D eigenvalue weighted by Gasteiger charge is -2.55. The largest absolute Gasteiger partial charge is 0.481 e. The topological polar surface area (TPSA) is 54.4 Å². The number of Topliss-reactive ketones (excluding diaryl/α,β-unsaturated/α-hetero) is 1. The molecule has 0 aromatic rings. The van der Waals surface area contributed by atoms with Crippen molar-refractivity contribution in [1.82, 2.24) is 0 Å². The van der Waals surface area contributed by atoms with Crippen molar-refractivity contribution in [3.8, 4) is 0 Å². The van der Waals surface area contributed by atoms with Crippen molar-refractivity contribution < 1.29 is 14.7 Å². The van der Waals surface area contributed by atoms with E-state index in [2.05, 4.69) is 13.8 Å². The summed E-state index contributed by atoms with van der Waals surface area (Å²) in [4.78, 5) is 23.3. The monoisotopic (exact) mass is 238 g/mol. The molecule has 0 saturated heterocycles. The summed E-state index contributed by atoms with van der Waals surface area (Å²) in [5.41, 5.74) is -0.162. The van der Waals surface area contributed by atoms with E-state index >= 15 is 0 Å². The van der Waals surface area contributed by atoms with Gasteiger partial charge < -0.3 is 5.11 Å². The van der Waals surface area contributed by atoms with Crippen molar-refractivity contribution in [3.63, 3.8) is 0 Å².